The summed E-state index contributed by atoms with van der Waals surface area (Å²) in [5.41, 5.74) is 0.601. The van der Waals surface area contributed by atoms with Gasteiger partial charge in [-0.3, -0.25) is 4.79 Å². The zero-order chi connectivity index (χ0) is 18.8. The highest BCUT2D eigenvalue weighted by Crippen LogP contribution is 2.55. The highest BCUT2D eigenvalue weighted by Gasteiger charge is 2.53. The molecule has 0 saturated carbocycles. The van der Waals surface area contributed by atoms with E-state index < -0.39 is 23.6 Å². The molecule has 0 spiro atoms. The van der Waals surface area contributed by atoms with Crippen LogP contribution >= 0.6 is 11.6 Å². The summed E-state index contributed by atoms with van der Waals surface area (Å²) in [5, 5.41) is 8.82. The van der Waals surface area contributed by atoms with Gasteiger partial charge in [0.05, 0.1) is 22.1 Å². The molecule has 4 rings (SSSR count). The Balaban J connectivity index is 1.63. The number of rotatable bonds is 3. The van der Waals surface area contributed by atoms with Crippen molar-refractivity contribution in [3.8, 4) is 11.5 Å². The van der Waals surface area contributed by atoms with Crippen LogP contribution in [0.3, 0.4) is 0 Å². The summed E-state index contributed by atoms with van der Waals surface area (Å²) in [6, 6.07) is 7.21. The molecule has 0 bridgehead atoms. The highest BCUT2D eigenvalue weighted by atomic mass is 35.5. The Hall–Kier alpha value is -2.80. The van der Waals surface area contributed by atoms with Gasteiger partial charge in [-0.1, -0.05) is 17.7 Å². The van der Waals surface area contributed by atoms with Gasteiger partial charge < -0.3 is 9.84 Å². The molecule has 0 fully saturated rings. The lowest BCUT2D eigenvalue weighted by Crippen LogP contribution is -2.06. The number of carboxylic acids is 1. The molecule has 0 aromatic heterocycles. The molecule has 26 heavy (non-hydrogen) atoms. The fourth-order valence-electron chi connectivity index (χ4n) is 3.09. The number of hydrogen-bond acceptors (Lipinski definition) is 3. The SMILES string of the molecule is O=C(O)C1=C2c3ccc(Oc4ccc(C(F)(F)F)cc4Cl)cc3C(=O)[C@@H]12. The second kappa shape index (κ2) is 5.35. The van der Waals surface area contributed by atoms with Crippen LogP contribution in [0.1, 0.15) is 21.5 Å². The summed E-state index contributed by atoms with van der Waals surface area (Å²) in [7, 11) is 0. The molecular weight excluding hydrogens is 373 g/mol. The lowest BCUT2D eigenvalue weighted by atomic mass is 10.1. The van der Waals surface area contributed by atoms with E-state index in [1.165, 1.54) is 12.1 Å². The first-order valence-corrected chi connectivity index (χ1v) is 7.77. The number of aliphatic carboxylic acids is 1. The van der Waals surface area contributed by atoms with Crippen LogP contribution in [-0.2, 0) is 11.0 Å². The molecule has 0 radical (unpaired) electrons. The zero-order valence-electron chi connectivity index (χ0n) is 12.7. The molecule has 2 aromatic carbocycles. The van der Waals surface area contributed by atoms with E-state index in [0.717, 1.165) is 18.2 Å². The first kappa shape index (κ1) is 16.7. The average molecular weight is 381 g/mol. The molecular formula is C18H8ClF3O4. The van der Waals surface area contributed by atoms with Crippen molar-refractivity contribution in [1.29, 1.82) is 0 Å². The van der Waals surface area contributed by atoms with Crippen LogP contribution in [-0.4, -0.2) is 16.9 Å². The number of halogens is 4. The first-order chi connectivity index (χ1) is 12.2. The number of ether oxygens (including phenoxy) is 1. The van der Waals surface area contributed by atoms with Crippen molar-refractivity contribution in [3.63, 3.8) is 0 Å². The molecule has 1 atom stereocenters. The number of carbonyl (C=O) groups excluding carboxylic acids is 1. The maximum absolute atomic E-state index is 12.7. The summed E-state index contributed by atoms with van der Waals surface area (Å²) < 4.78 is 43.5. The van der Waals surface area contributed by atoms with Crippen LogP contribution in [0.15, 0.2) is 42.0 Å². The lowest BCUT2D eigenvalue weighted by molar-refractivity contribution is -0.137. The van der Waals surface area contributed by atoms with E-state index in [4.69, 9.17) is 21.4 Å². The normalized spacial score (nSPS) is 17.8. The molecule has 2 aromatic rings. The Morgan fingerprint density at radius 3 is 2.46 bits per heavy atom. The minimum absolute atomic E-state index is 0.0145. The van der Waals surface area contributed by atoms with Gasteiger partial charge in [-0.15, -0.1) is 0 Å². The Kier molecular flexibility index (Phi) is 3.43. The molecule has 2 aliphatic rings. The molecule has 2 aliphatic carbocycles. The van der Waals surface area contributed by atoms with Gasteiger partial charge in [-0.2, -0.15) is 13.2 Å². The Bertz CT molecular complexity index is 1020. The topological polar surface area (TPSA) is 63.6 Å². The van der Waals surface area contributed by atoms with Crippen molar-refractivity contribution in [2.45, 2.75) is 6.18 Å². The second-order valence-electron chi connectivity index (χ2n) is 5.88. The van der Waals surface area contributed by atoms with E-state index in [2.05, 4.69) is 0 Å². The van der Waals surface area contributed by atoms with E-state index >= 15 is 0 Å². The minimum Gasteiger partial charge on any atom is -0.478 e. The van der Waals surface area contributed by atoms with E-state index in [9.17, 15) is 22.8 Å². The first-order valence-electron chi connectivity index (χ1n) is 7.39. The molecule has 8 heteroatoms. The third-order valence-electron chi connectivity index (χ3n) is 4.31. The maximum atomic E-state index is 12.7. The molecule has 0 heterocycles. The van der Waals surface area contributed by atoms with Crippen LogP contribution < -0.4 is 4.74 Å². The monoisotopic (exact) mass is 380 g/mol. The van der Waals surface area contributed by atoms with Crippen molar-refractivity contribution in [2.24, 2.45) is 5.92 Å². The molecule has 0 aliphatic heterocycles. The summed E-state index contributed by atoms with van der Waals surface area (Å²) in [6.45, 7) is 0. The van der Waals surface area contributed by atoms with Crippen molar-refractivity contribution in [2.75, 3.05) is 0 Å². The number of carbonyl (C=O) groups is 2. The van der Waals surface area contributed by atoms with Gasteiger partial charge in [0.15, 0.2) is 5.78 Å². The number of carboxylic acid groups (broad SMARTS) is 1. The summed E-state index contributed by atoms with van der Waals surface area (Å²) in [4.78, 5) is 23.3. The maximum Gasteiger partial charge on any atom is 0.416 e. The van der Waals surface area contributed by atoms with E-state index in [1.807, 2.05) is 0 Å². The Labute approximate surface area is 149 Å². The zero-order valence-corrected chi connectivity index (χ0v) is 13.5. The van der Waals surface area contributed by atoms with E-state index in [1.54, 1.807) is 6.07 Å². The summed E-state index contributed by atoms with van der Waals surface area (Å²) >= 11 is 5.85. The smallest absolute Gasteiger partial charge is 0.416 e. The van der Waals surface area contributed by atoms with Gasteiger partial charge >= 0.3 is 12.1 Å². The highest BCUT2D eigenvalue weighted by molar-refractivity contribution is 6.32. The van der Waals surface area contributed by atoms with E-state index in [-0.39, 0.29) is 27.9 Å². The van der Waals surface area contributed by atoms with Gasteiger partial charge in [-0.05, 0) is 41.5 Å². The second-order valence-corrected chi connectivity index (χ2v) is 6.29. The van der Waals surface area contributed by atoms with Crippen LogP contribution in [0.25, 0.3) is 5.57 Å². The third kappa shape index (κ3) is 2.47. The predicted octanol–water partition coefficient (Wildman–Crippen LogP) is 4.82. The third-order valence-corrected chi connectivity index (χ3v) is 4.61. The van der Waals surface area contributed by atoms with Crippen molar-refractivity contribution < 1.29 is 32.6 Å². The van der Waals surface area contributed by atoms with Crippen molar-refractivity contribution in [3.05, 3.63) is 63.7 Å². The molecule has 0 saturated heterocycles. The van der Waals surface area contributed by atoms with E-state index in [0.29, 0.717) is 16.7 Å². The van der Waals surface area contributed by atoms with Crippen LogP contribution in [0.5, 0.6) is 11.5 Å². The number of benzene rings is 2. The minimum atomic E-state index is -4.52. The standard InChI is InChI=1S/C18H8ClF3O4/c19-11-5-7(18(20,21)22)1-4-12(11)26-8-2-3-9-10(6-8)16(23)14-13(9)15(14)17(24)25/h1-6,14H,(H,24,25)/t14-/m1/s1. The molecule has 0 amide bonds. The Morgan fingerprint density at radius 2 is 1.85 bits per heavy atom. The number of hydrogen-bond donors (Lipinski definition) is 1. The quantitative estimate of drug-likeness (QED) is 0.829. The largest absolute Gasteiger partial charge is 0.478 e. The molecule has 132 valence electrons. The van der Waals surface area contributed by atoms with Crippen LogP contribution in [0, 0.1) is 5.92 Å². The molecule has 1 N–H and O–H groups in total. The van der Waals surface area contributed by atoms with Crippen LogP contribution in [0.4, 0.5) is 13.2 Å². The number of ketones is 1. The fourth-order valence-corrected chi connectivity index (χ4v) is 3.31. The van der Waals surface area contributed by atoms with Crippen molar-refractivity contribution >= 4 is 28.9 Å². The summed E-state index contributed by atoms with van der Waals surface area (Å²) in [5.74, 6) is -1.90. The summed E-state index contributed by atoms with van der Waals surface area (Å²) in [6.07, 6.45) is -4.52. The van der Waals surface area contributed by atoms with Gasteiger partial charge in [0.25, 0.3) is 0 Å². The van der Waals surface area contributed by atoms with Crippen molar-refractivity contribution in [1.82, 2.24) is 0 Å². The fraction of sp³-hybridized carbons (Fsp3) is 0.111. The predicted molar refractivity (Wildman–Crippen MR) is 85.3 cm³/mol. The number of allylic oxidation sites excluding steroid dienone is 1. The number of fused-ring (bicyclic) bond motifs is 3. The van der Waals surface area contributed by atoms with Gasteiger partial charge in [0, 0.05) is 5.56 Å². The average Bonchev–Trinajstić information content (AvgIpc) is 3.24. The van der Waals surface area contributed by atoms with Gasteiger partial charge in [0.2, 0.25) is 0 Å². The molecule has 4 nitrogen and oxygen atoms in total. The van der Waals surface area contributed by atoms with Crippen LogP contribution in [0.2, 0.25) is 5.02 Å². The molecule has 0 unspecified atom stereocenters. The lowest BCUT2D eigenvalue weighted by Gasteiger charge is -2.12. The number of alkyl halides is 3. The Morgan fingerprint density at radius 1 is 1.12 bits per heavy atom. The number of Topliss-reactive ketones (excluding diaryl/α,β-unsaturated/α-hetero) is 1. The van der Waals surface area contributed by atoms with Gasteiger partial charge in [0.1, 0.15) is 11.5 Å². The van der Waals surface area contributed by atoms with Gasteiger partial charge in [-0.25, -0.2) is 4.79 Å².